The molecular weight excluding hydrogens is 336 g/mol. The normalized spacial score (nSPS) is 11.7. The summed E-state index contributed by atoms with van der Waals surface area (Å²) >= 11 is 5.09. The molecular formula is C21H43ClO3. The molecule has 0 fully saturated rings. The first-order chi connectivity index (χ1) is 12.0. The van der Waals surface area contributed by atoms with E-state index in [9.17, 15) is 4.79 Å². The van der Waals surface area contributed by atoms with E-state index >= 15 is 0 Å². The van der Waals surface area contributed by atoms with Crippen molar-refractivity contribution in [2.75, 3.05) is 5.88 Å². The summed E-state index contributed by atoms with van der Waals surface area (Å²) in [6, 6.07) is 0. The lowest BCUT2D eigenvalue weighted by Crippen LogP contribution is -1.98. The maximum Gasteiger partial charge on any atom is 0.303 e. The lowest BCUT2D eigenvalue weighted by atomic mass is 10.0. The zero-order valence-electron chi connectivity index (χ0n) is 16.8. The Labute approximate surface area is 161 Å². The average Bonchev–Trinajstić information content (AvgIpc) is 2.58. The van der Waals surface area contributed by atoms with Crippen LogP contribution in [0.25, 0.3) is 0 Å². The van der Waals surface area contributed by atoms with Crippen LogP contribution in [0.2, 0.25) is 0 Å². The highest BCUT2D eigenvalue weighted by molar-refractivity contribution is 6.18. The standard InChI is InChI=1S/C18H36O2.C3H7ClO/c1-2-3-4-5-6-7-8-9-10-11-12-13-14-15-16-17-18(19)20;1-3(5)2-4/h2-17H2,1H3,(H,19,20);3,5H,2H2,1H3. The van der Waals surface area contributed by atoms with E-state index in [0.29, 0.717) is 12.3 Å². The topological polar surface area (TPSA) is 57.5 Å². The van der Waals surface area contributed by atoms with E-state index in [2.05, 4.69) is 6.92 Å². The molecule has 0 spiro atoms. The number of rotatable bonds is 17. The van der Waals surface area contributed by atoms with Gasteiger partial charge in [-0.2, -0.15) is 0 Å². The van der Waals surface area contributed by atoms with Crippen molar-refractivity contribution in [3.05, 3.63) is 0 Å². The third-order valence-corrected chi connectivity index (χ3v) is 4.66. The van der Waals surface area contributed by atoms with E-state index in [-0.39, 0.29) is 6.10 Å². The third kappa shape index (κ3) is 31.9. The van der Waals surface area contributed by atoms with Gasteiger partial charge < -0.3 is 10.2 Å². The molecule has 152 valence electrons. The molecule has 3 nitrogen and oxygen atoms in total. The van der Waals surface area contributed by atoms with Crippen LogP contribution in [0.4, 0.5) is 0 Å². The first-order valence-electron chi connectivity index (χ1n) is 10.5. The van der Waals surface area contributed by atoms with Crippen LogP contribution < -0.4 is 0 Å². The highest BCUT2D eigenvalue weighted by atomic mass is 35.5. The van der Waals surface area contributed by atoms with Gasteiger partial charge in [0.1, 0.15) is 0 Å². The summed E-state index contributed by atoms with van der Waals surface area (Å²) < 4.78 is 0. The molecule has 1 unspecified atom stereocenters. The van der Waals surface area contributed by atoms with E-state index in [1.54, 1.807) is 6.92 Å². The molecule has 0 aliphatic heterocycles. The number of hydrogen-bond acceptors (Lipinski definition) is 2. The molecule has 2 N–H and O–H groups in total. The maximum atomic E-state index is 10.3. The molecule has 0 amide bonds. The minimum atomic E-state index is -0.653. The minimum absolute atomic E-state index is 0.333. The highest BCUT2D eigenvalue weighted by Gasteiger charge is 1.97. The predicted octanol–water partition coefficient (Wildman–Crippen LogP) is 6.94. The molecule has 25 heavy (non-hydrogen) atoms. The predicted molar refractivity (Wildman–Crippen MR) is 110 cm³/mol. The summed E-state index contributed by atoms with van der Waals surface area (Å²) in [7, 11) is 0. The second kappa shape index (κ2) is 23.7. The van der Waals surface area contributed by atoms with Crippen molar-refractivity contribution in [1.29, 1.82) is 0 Å². The van der Waals surface area contributed by atoms with Gasteiger partial charge >= 0.3 is 5.97 Å². The molecule has 0 radical (unpaired) electrons. The molecule has 0 saturated carbocycles. The van der Waals surface area contributed by atoms with Gasteiger partial charge in [-0.15, -0.1) is 11.6 Å². The lowest BCUT2D eigenvalue weighted by Gasteiger charge is -2.03. The number of unbranched alkanes of at least 4 members (excludes halogenated alkanes) is 14. The van der Waals surface area contributed by atoms with E-state index in [0.717, 1.165) is 12.8 Å². The molecule has 0 bridgehead atoms. The van der Waals surface area contributed by atoms with Gasteiger partial charge in [0.15, 0.2) is 0 Å². The average molecular weight is 379 g/mol. The molecule has 0 heterocycles. The van der Waals surface area contributed by atoms with Gasteiger partial charge in [0, 0.05) is 12.3 Å². The monoisotopic (exact) mass is 378 g/mol. The minimum Gasteiger partial charge on any atom is -0.481 e. The Morgan fingerprint density at radius 3 is 1.28 bits per heavy atom. The van der Waals surface area contributed by atoms with Crippen molar-refractivity contribution in [3.63, 3.8) is 0 Å². The van der Waals surface area contributed by atoms with Crippen LogP contribution in [0.1, 0.15) is 117 Å². The number of alkyl halides is 1. The van der Waals surface area contributed by atoms with Gasteiger partial charge in [-0.25, -0.2) is 0 Å². The first kappa shape index (κ1) is 26.9. The molecule has 0 aliphatic rings. The van der Waals surface area contributed by atoms with Crippen molar-refractivity contribution in [3.8, 4) is 0 Å². The Balaban J connectivity index is 0. The van der Waals surface area contributed by atoms with Crippen molar-refractivity contribution in [1.82, 2.24) is 0 Å². The fourth-order valence-electron chi connectivity index (χ4n) is 2.65. The van der Waals surface area contributed by atoms with Crippen LogP contribution in [0.5, 0.6) is 0 Å². The van der Waals surface area contributed by atoms with Crippen molar-refractivity contribution < 1.29 is 15.0 Å². The van der Waals surface area contributed by atoms with Crippen molar-refractivity contribution in [2.45, 2.75) is 123 Å². The quantitative estimate of drug-likeness (QED) is 0.213. The second-order valence-corrected chi connectivity index (χ2v) is 7.41. The zero-order valence-corrected chi connectivity index (χ0v) is 17.5. The molecule has 4 heteroatoms. The number of aliphatic carboxylic acids is 1. The second-order valence-electron chi connectivity index (χ2n) is 7.10. The third-order valence-electron chi connectivity index (χ3n) is 4.22. The SMILES string of the molecule is CC(O)CCl.CCCCCCCCCCCCCCCCCC(=O)O. The fourth-order valence-corrected chi connectivity index (χ4v) is 2.65. The van der Waals surface area contributed by atoms with Gasteiger partial charge in [0.25, 0.3) is 0 Å². The summed E-state index contributed by atoms with van der Waals surface area (Å²) in [4.78, 5) is 10.3. The summed E-state index contributed by atoms with van der Waals surface area (Å²) in [5.74, 6) is -0.320. The zero-order chi connectivity index (χ0) is 19.2. The van der Waals surface area contributed by atoms with Gasteiger partial charge in [0.05, 0.1) is 6.10 Å². The van der Waals surface area contributed by atoms with Crippen LogP contribution in [-0.2, 0) is 4.79 Å². The Bertz CT molecular complexity index is 258. The molecule has 0 saturated heterocycles. The first-order valence-corrected chi connectivity index (χ1v) is 11.0. The summed E-state index contributed by atoms with van der Waals surface area (Å²) in [5.41, 5.74) is 0. The smallest absolute Gasteiger partial charge is 0.303 e. The number of carbonyl (C=O) groups is 1. The Morgan fingerprint density at radius 2 is 1.04 bits per heavy atom. The molecule has 0 aromatic carbocycles. The van der Waals surface area contributed by atoms with Crippen LogP contribution in [0, 0.1) is 0 Å². The van der Waals surface area contributed by atoms with Gasteiger partial charge in [-0.1, -0.05) is 96.8 Å². The van der Waals surface area contributed by atoms with Crippen molar-refractivity contribution in [2.24, 2.45) is 0 Å². The largest absolute Gasteiger partial charge is 0.481 e. The van der Waals surface area contributed by atoms with E-state index in [1.807, 2.05) is 0 Å². The summed E-state index contributed by atoms with van der Waals surface area (Å²) in [6.07, 6.45) is 19.8. The Kier molecular flexibility index (Phi) is 25.6. The summed E-state index contributed by atoms with van der Waals surface area (Å²) in [6.45, 7) is 3.92. The van der Waals surface area contributed by atoms with Gasteiger partial charge in [-0.3, -0.25) is 4.79 Å². The van der Waals surface area contributed by atoms with Crippen LogP contribution in [0.3, 0.4) is 0 Å². The van der Waals surface area contributed by atoms with Gasteiger partial charge in [0.2, 0.25) is 0 Å². The van der Waals surface area contributed by atoms with E-state index in [4.69, 9.17) is 21.8 Å². The molecule has 0 rings (SSSR count). The van der Waals surface area contributed by atoms with E-state index in [1.165, 1.54) is 83.5 Å². The van der Waals surface area contributed by atoms with E-state index < -0.39 is 5.97 Å². The molecule has 0 aliphatic carbocycles. The molecule has 0 aromatic heterocycles. The number of carboxylic acids is 1. The number of halogens is 1. The number of aliphatic hydroxyl groups excluding tert-OH is 1. The summed E-state index contributed by atoms with van der Waals surface area (Å²) in [5, 5.41) is 16.7. The molecule has 0 aromatic rings. The Morgan fingerprint density at radius 1 is 0.760 bits per heavy atom. The van der Waals surface area contributed by atoms with Crippen LogP contribution >= 0.6 is 11.6 Å². The van der Waals surface area contributed by atoms with Crippen LogP contribution in [-0.4, -0.2) is 28.2 Å². The number of hydrogen-bond donors (Lipinski definition) is 2. The fraction of sp³-hybridized carbons (Fsp3) is 0.952. The van der Waals surface area contributed by atoms with Gasteiger partial charge in [-0.05, 0) is 13.3 Å². The Hall–Kier alpha value is -0.280. The van der Waals surface area contributed by atoms with Crippen molar-refractivity contribution >= 4 is 17.6 Å². The highest BCUT2D eigenvalue weighted by Crippen LogP contribution is 2.13. The lowest BCUT2D eigenvalue weighted by molar-refractivity contribution is -0.137. The van der Waals surface area contributed by atoms with Crippen LogP contribution in [0.15, 0.2) is 0 Å². The number of aliphatic hydroxyl groups is 1. The number of carboxylic acid groups (broad SMARTS) is 1. The maximum absolute atomic E-state index is 10.3. The molecule has 1 atom stereocenters.